The van der Waals surface area contributed by atoms with Crippen molar-refractivity contribution in [3.05, 3.63) is 58.6 Å². The van der Waals surface area contributed by atoms with Crippen molar-refractivity contribution in [2.45, 2.75) is 6.04 Å². The maximum atomic E-state index is 11.6. The molecule has 0 radical (unpaired) electrons. The third-order valence-corrected chi connectivity index (χ3v) is 3.38. The van der Waals surface area contributed by atoms with Crippen LogP contribution in [0.2, 0.25) is 0 Å². The molecule has 2 aromatic rings. The van der Waals surface area contributed by atoms with E-state index in [1.165, 1.54) is 12.1 Å². The highest BCUT2D eigenvalue weighted by Crippen LogP contribution is 2.27. The molecule has 1 amide bonds. The van der Waals surface area contributed by atoms with Gasteiger partial charge in [0.15, 0.2) is 0 Å². The number of anilines is 1. The summed E-state index contributed by atoms with van der Waals surface area (Å²) in [7, 11) is 0. The lowest BCUT2D eigenvalue weighted by Gasteiger charge is -2.18. The molecule has 2 aromatic carbocycles. The average molecular weight is 321 g/mol. The van der Waals surface area contributed by atoms with Crippen LogP contribution in [0.3, 0.4) is 0 Å². The number of hydrogen-bond donors (Lipinski definition) is 3. The maximum Gasteiger partial charge on any atom is 0.244 e. The van der Waals surface area contributed by atoms with Gasteiger partial charge in [-0.25, -0.2) is 0 Å². The van der Waals surface area contributed by atoms with Crippen LogP contribution in [0.4, 0.5) is 5.69 Å². The first-order chi connectivity index (χ1) is 9.08. The summed E-state index contributed by atoms with van der Waals surface area (Å²) in [6.07, 6.45) is 0. The van der Waals surface area contributed by atoms with E-state index in [0.29, 0.717) is 5.56 Å². The molecule has 0 spiro atoms. The monoisotopic (exact) mass is 320 g/mol. The molecule has 5 heteroatoms. The van der Waals surface area contributed by atoms with Gasteiger partial charge in [-0.1, -0.05) is 24.3 Å². The van der Waals surface area contributed by atoms with Gasteiger partial charge in [0, 0.05) is 10.2 Å². The predicted octanol–water partition coefficient (Wildman–Crippen LogP) is 2.79. The smallest absolute Gasteiger partial charge is 0.244 e. The molecule has 0 fully saturated rings. The molecule has 4 nitrogen and oxygen atoms in total. The predicted molar refractivity (Wildman–Crippen MR) is 77.8 cm³/mol. The van der Waals surface area contributed by atoms with E-state index >= 15 is 0 Å². The first kappa shape index (κ1) is 13.4. The Labute approximate surface area is 119 Å². The number of benzene rings is 2. The first-order valence-corrected chi connectivity index (χ1v) is 6.46. The number of carbonyl (C=O) groups excluding carboxylic acids is 1. The third kappa shape index (κ3) is 3.26. The molecule has 1 unspecified atom stereocenters. The Balaban J connectivity index is 2.29. The van der Waals surface area contributed by atoms with E-state index in [1.54, 1.807) is 12.1 Å². The minimum atomic E-state index is -0.653. The van der Waals surface area contributed by atoms with Gasteiger partial charge in [0.1, 0.15) is 11.8 Å². The fraction of sp³-hybridized carbons (Fsp3) is 0.0714. The summed E-state index contributed by atoms with van der Waals surface area (Å²) in [5.74, 6) is -0.339. The van der Waals surface area contributed by atoms with Crippen molar-refractivity contribution in [2.75, 3.05) is 5.32 Å². The van der Waals surface area contributed by atoms with Crippen molar-refractivity contribution in [1.29, 1.82) is 0 Å². The molecule has 4 N–H and O–H groups in total. The van der Waals surface area contributed by atoms with Crippen molar-refractivity contribution in [2.24, 2.45) is 5.73 Å². The number of para-hydroxylation sites is 1. The van der Waals surface area contributed by atoms with Crippen LogP contribution < -0.4 is 11.1 Å². The molecule has 0 bridgehead atoms. The van der Waals surface area contributed by atoms with Gasteiger partial charge in [0.2, 0.25) is 5.91 Å². The molecule has 1 atom stereocenters. The number of nitrogens with one attached hydrogen (secondary N) is 1. The largest absolute Gasteiger partial charge is 0.508 e. The summed E-state index contributed by atoms with van der Waals surface area (Å²) in [6, 6.07) is 13.2. The van der Waals surface area contributed by atoms with Gasteiger partial charge in [-0.05, 0) is 45.8 Å². The van der Waals surface area contributed by atoms with Crippen LogP contribution in [0.15, 0.2) is 53.0 Å². The van der Waals surface area contributed by atoms with Crippen LogP contribution in [0, 0.1) is 0 Å². The van der Waals surface area contributed by atoms with Gasteiger partial charge in [0.05, 0.1) is 0 Å². The quantitative estimate of drug-likeness (QED) is 0.810. The Morgan fingerprint density at radius 3 is 2.37 bits per heavy atom. The number of nitrogens with two attached hydrogens (primary N) is 1. The zero-order valence-corrected chi connectivity index (χ0v) is 11.6. The normalized spacial score (nSPS) is 11.8. The highest BCUT2D eigenvalue weighted by Gasteiger charge is 2.18. The maximum absolute atomic E-state index is 11.6. The number of primary amides is 1. The van der Waals surface area contributed by atoms with Gasteiger partial charge in [-0.3, -0.25) is 4.79 Å². The van der Waals surface area contributed by atoms with E-state index in [9.17, 15) is 9.90 Å². The van der Waals surface area contributed by atoms with Crippen LogP contribution in [0.25, 0.3) is 0 Å². The van der Waals surface area contributed by atoms with Crippen LogP contribution in [-0.2, 0) is 4.79 Å². The van der Waals surface area contributed by atoms with Gasteiger partial charge in [0.25, 0.3) is 0 Å². The fourth-order valence-electron chi connectivity index (χ4n) is 1.72. The van der Waals surface area contributed by atoms with E-state index in [4.69, 9.17) is 5.73 Å². The van der Waals surface area contributed by atoms with Gasteiger partial charge < -0.3 is 16.2 Å². The number of hydrogen-bond acceptors (Lipinski definition) is 3. The summed E-state index contributed by atoms with van der Waals surface area (Å²) < 4.78 is 0.847. The lowest BCUT2D eigenvalue weighted by molar-refractivity contribution is -0.118. The van der Waals surface area contributed by atoms with Crippen LogP contribution in [0.5, 0.6) is 5.75 Å². The highest BCUT2D eigenvalue weighted by molar-refractivity contribution is 9.10. The number of halogens is 1. The second-order valence-corrected chi connectivity index (χ2v) is 4.91. The lowest BCUT2D eigenvalue weighted by atomic mass is 10.1. The molecular weight excluding hydrogens is 308 g/mol. The van der Waals surface area contributed by atoms with E-state index in [1.807, 2.05) is 24.3 Å². The summed E-state index contributed by atoms with van der Waals surface area (Å²) in [4.78, 5) is 11.6. The second-order valence-electron chi connectivity index (χ2n) is 4.05. The zero-order chi connectivity index (χ0) is 13.8. The number of phenols is 1. The SMILES string of the molecule is NC(=O)C(Nc1ccccc1Br)c1ccc(O)cc1. The van der Waals surface area contributed by atoms with Gasteiger partial charge >= 0.3 is 0 Å². The summed E-state index contributed by atoms with van der Waals surface area (Å²) in [5, 5.41) is 12.3. The molecule has 0 saturated carbocycles. The molecule has 0 saturated heterocycles. The highest BCUT2D eigenvalue weighted by atomic mass is 79.9. The van der Waals surface area contributed by atoms with E-state index in [0.717, 1.165) is 10.2 Å². The summed E-state index contributed by atoms with van der Waals surface area (Å²) in [5.41, 5.74) is 6.90. The number of phenolic OH excluding ortho intramolecular Hbond substituents is 1. The average Bonchev–Trinajstić information content (AvgIpc) is 2.39. The number of carbonyl (C=O) groups is 1. The number of rotatable bonds is 4. The minimum Gasteiger partial charge on any atom is -0.508 e. The van der Waals surface area contributed by atoms with Crippen LogP contribution >= 0.6 is 15.9 Å². The lowest BCUT2D eigenvalue weighted by Crippen LogP contribution is -2.27. The van der Waals surface area contributed by atoms with Crippen molar-refractivity contribution in [3.63, 3.8) is 0 Å². The molecule has 0 heterocycles. The molecule has 0 aliphatic heterocycles. The Bertz CT molecular complexity index is 584. The van der Waals surface area contributed by atoms with Crippen LogP contribution in [0.1, 0.15) is 11.6 Å². The zero-order valence-electron chi connectivity index (χ0n) is 10.0. The van der Waals surface area contributed by atoms with Gasteiger partial charge in [-0.15, -0.1) is 0 Å². The second kappa shape index (κ2) is 5.75. The molecule has 98 valence electrons. The molecular formula is C14H13BrN2O2. The summed E-state index contributed by atoms with van der Waals surface area (Å²) >= 11 is 3.40. The van der Waals surface area contributed by atoms with E-state index in [-0.39, 0.29) is 5.75 Å². The van der Waals surface area contributed by atoms with E-state index < -0.39 is 11.9 Å². The Morgan fingerprint density at radius 2 is 1.79 bits per heavy atom. The topological polar surface area (TPSA) is 75.4 Å². The molecule has 0 aliphatic rings. The molecule has 0 aromatic heterocycles. The Hall–Kier alpha value is -2.01. The van der Waals surface area contributed by atoms with Crippen molar-refractivity contribution in [1.82, 2.24) is 0 Å². The standard InChI is InChI=1S/C14H13BrN2O2/c15-11-3-1-2-4-12(11)17-13(14(16)19)9-5-7-10(18)8-6-9/h1-8,13,17-18H,(H2,16,19). The molecule has 0 aliphatic carbocycles. The molecule has 19 heavy (non-hydrogen) atoms. The summed E-state index contributed by atoms with van der Waals surface area (Å²) in [6.45, 7) is 0. The Morgan fingerprint density at radius 1 is 1.16 bits per heavy atom. The van der Waals surface area contributed by atoms with E-state index in [2.05, 4.69) is 21.2 Å². The minimum absolute atomic E-state index is 0.146. The molecule has 2 rings (SSSR count). The first-order valence-electron chi connectivity index (χ1n) is 5.67. The van der Waals surface area contributed by atoms with Crippen molar-refractivity contribution >= 4 is 27.5 Å². The third-order valence-electron chi connectivity index (χ3n) is 2.68. The van der Waals surface area contributed by atoms with Crippen molar-refractivity contribution in [3.8, 4) is 5.75 Å². The van der Waals surface area contributed by atoms with Crippen molar-refractivity contribution < 1.29 is 9.90 Å². The Kier molecular flexibility index (Phi) is 4.06. The number of aromatic hydroxyl groups is 1. The van der Waals surface area contributed by atoms with Gasteiger partial charge in [-0.2, -0.15) is 0 Å². The number of amides is 1. The fourth-order valence-corrected chi connectivity index (χ4v) is 2.12. The van der Waals surface area contributed by atoms with Crippen LogP contribution in [-0.4, -0.2) is 11.0 Å².